The maximum Gasteiger partial charge on any atom is 0.275 e. The molecule has 0 radical (unpaired) electrons. The molecule has 0 bridgehead atoms. The monoisotopic (exact) mass is 172 g/mol. The molecule has 13 heavy (non-hydrogen) atoms. The third-order valence-electron chi connectivity index (χ3n) is 1.73. The average Bonchev–Trinajstić information content (AvgIpc) is 2.54. The smallest absolute Gasteiger partial charge is 0.275 e. The minimum absolute atomic E-state index is 0.149. The van der Waals surface area contributed by atoms with E-state index in [0.29, 0.717) is 5.70 Å². The molecule has 1 heterocycles. The fraction of sp³-hybridized carbons (Fsp3) is 0. The summed E-state index contributed by atoms with van der Waals surface area (Å²) in [6, 6.07) is 9.62. The second-order valence-corrected chi connectivity index (χ2v) is 2.67. The number of amides is 1. The highest BCUT2D eigenvalue weighted by Gasteiger charge is 2.10. The minimum atomic E-state index is -0.149. The summed E-state index contributed by atoms with van der Waals surface area (Å²) in [5.41, 5.74) is 1.43. The van der Waals surface area contributed by atoms with Crippen molar-refractivity contribution in [3.63, 3.8) is 0 Å². The Morgan fingerprint density at radius 1 is 1.23 bits per heavy atom. The molecular formula is C10H8N2O. The fourth-order valence-corrected chi connectivity index (χ4v) is 1.10. The predicted octanol–water partition coefficient (Wildman–Crippen LogP) is 1.19. The van der Waals surface area contributed by atoms with Gasteiger partial charge in [-0.2, -0.15) is 0 Å². The molecule has 0 aliphatic carbocycles. The number of hydrogen-bond donors (Lipinski definition) is 1. The Kier molecular flexibility index (Phi) is 1.92. The lowest BCUT2D eigenvalue weighted by molar-refractivity contribution is -0.115. The summed E-state index contributed by atoms with van der Waals surface area (Å²) in [6.45, 7) is 0. The van der Waals surface area contributed by atoms with Gasteiger partial charge in [-0.1, -0.05) is 30.3 Å². The van der Waals surface area contributed by atoms with Gasteiger partial charge in [0.25, 0.3) is 5.91 Å². The number of rotatable bonds is 1. The van der Waals surface area contributed by atoms with Crippen LogP contribution in [0, 0.1) is 0 Å². The molecule has 0 unspecified atom stereocenters. The van der Waals surface area contributed by atoms with Gasteiger partial charge >= 0.3 is 0 Å². The van der Waals surface area contributed by atoms with Crippen molar-refractivity contribution in [1.29, 1.82) is 0 Å². The molecule has 2 rings (SSSR count). The van der Waals surface area contributed by atoms with E-state index in [4.69, 9.17) is 0 Å². The number of aliphatic imine (C=N–C) groups is 1. The Balaban J connectivity index is 2.30. The number of carbonyl (C=O) groups excluding carboxylic acids is 1. The summed E-state index contributed by atoms with van der Waals surface area (Å²) in [5.74, 6) is -0.149. The van der Waals surface area contributed by atoms with Crippen LogP contribution in [0.25, 0.3) is 6.08 Å². The third kappa shape index (κ3) is 1.64. The van der Waals surface area contributed by atoms with Crippen LogP contribution in [0.15, 0.2) is 41.0 Å². The average molecular weight is 172 g/mol. The first-order valence-electron chi connectivity index (χ1n) is 3.96. The van der Waals surface area contributed by atoms with Crippen LogP contribution in [0.3, 0.4) is 0 Å². The van der Waals surface area contributed by atoms with Gasteiger partial charge in [-0.05, 0) is 11.6 Å². The highest BCUT2D eigenvalue weighted by atomic mass is 16.2. The first-order chi connectivity index (χ1) is 6.36. The van der Waals surface area contributed by atoms with Crippen LogP contribution in [0.4, 0.5) is 0 Å². The quantitative estimate of drug-likeness (QED) is 0.635. The van der Waals surface area contributed by atoms with E-state index in [0.717, 1.165) is 5.56 Å². The molecule has 0 atom stereocenters. The molecule has 0 aromatic heterocycles. The Morgan fingerprint density at radius 3 is 2.62 bits per heavy atom. The van der Waals surface area contributed by atoms with Crippen LogP contribution < -0.4 is 5.32 Å². The highest BCUT2D eigenvalue weighted by Crippen LogP contribution is 2.09. The maximum atomic E-state index is 11.1. The summed E-state index contributed by atoms with van der Waals surface area (Å²) in [5, 5.41) is 2.49. The predicted molar refractivity (Wildman–Crippen MR) is 51.1 cm³/mol. The molecule has 1 aromatic carbocycles. The van der Waals surface area contributed by atoms with Crippen molar-refractivity contribution in [3.05, 3.63) is 41.6 Å². The van der Waals surface area contributed by atoms with Crippen molar-refractivity contribution in [2.75, 3.05) is 0 Å². The SMILES string of the molecule is O=C1NC=N/C1=C/c1ccccc1. The Labute approximate surface area is 75.8 Å². The largest absolute Gasteiger partial charge is 0.311 e. The topological polar surface area (TPSA) is 41.5 Å². The van der Waals surface area contributed by atoms with E-state index in [1.54, 1.807) is 6.08 Å². The number of benzene rings is 1. The first kappa shape index (κ1) is 7.73. The molecule has 1 amide bonds. The van der Waals surface area contributed by atoms with Crippen LogP contribution in [0.5, 0.6) is 0 Å². The van der Waals surface area contributed by atoms with Gasteiger partial charge in [0, 0.05) is 0 Å². The van der Waals surface area contributed by atoms with Crippen molar-refractivity contribution in [1.82, 2.24) is 5.32 Å². The zero-order valence-corrected chi connectivity index (χ0v) is 6.90. The van der Waals surface area contributed by atoms with Crippen molar-refractivity contribution in [3.8, 4) is 0 Å². The van der Waals surface area contributed by atoms with Gasteiger partial charge in [0.05, 0.1) is 6.34 Å². The number of nitrogens with one attached hydrogen (secondary N) is 1. The highest BCUT2D eigenvalue weighted by molar-refractivity contribution is 6.08. The van der Waals surface area contributed by atoms with Crippen LogP contribution in [0.2, 0.25) is 0 Å². The lowest BCUT2D eigenvalue weighted by atomic mass is 10.2. The summed E-state index contributed by atoms with van der Waals surface area (Å²) in [6.07, 6.45) is 3.15. The second kappa shape index (κ2) is 3.23. The van der Waals surface area contributed by atoms with Gasteiger partial charge in [0.2, 0.25) is 0 Å². The summed E-state index contributed by atoms with van der Waals surface area (Å²) in [4.78, 5) is 15.0. The Bertz CT molecular complexity index is 379. The van der Waals surface area contributed by atoms with E-state index < -0.39 is 0 Å². The zero-order chi connectivity index (χ0) is 9.10. The van der Waals surface area contributed by atoms with E-state index in [1.807, 2.05) is 30.3 Å². The molecule has 64 valence electrons. The Hall–Kier alpha value is -1.90. The second-order valence-electron chi connectivity index (χ2n) is 2.67. The molecule has 0 saturated carbocycles. The number of hydrogen-bond acceptors (Lipinski definition) is 2. The minimum Gasteiger partial charge on any atom is -0.311 e. The molecule has 1 N–H and O–H groups in total. The molecule has 3 heteroatoms. The third-order valence-corrected chi connectivity index (χ3v) is 1.73. The van der Waals surface area contributed by atoms with Crippen molar-refractivity contribution in [2.24, 2.45) is 4.99 Å². The molecular weight excluding hydrogens is 164 g/mol. The first-order valence-corrected chi connectivity index (χ1v) is 3.96. The molecule has 3 nitrogen and oxygen atoms in total. The zero-order valence-electron chi connectivity index (χ0n) is 6.90. The molecule has 0 spiro atoms. The van der Waals surface area contributed by atoms with E-state index >= 15 is 0 Å². The fourth-order valence-electron chi connectivity index (χ4n) is 1.10. The summed E-state index contributed by atoms with van der Waals surface area (Å²) >= 11 is 0. The molecule has 1 aromatic rings. The lowest BCUT2D eigenvalue weighted by Crippen LogP contribution is -2.14. The van der Waals surface area contributed by atoms with Crippen LogP contribution in [-0.4, -0.2) is 12.2 Å². The molecule has 0 saturated heterocycles. The summed E-state index contributed by atoms with van der Waals surface area (Å²) in [7, 11) is 0. The van der Waals surface area contributed by atoms with Crippen molar-refractivity contribution >= 4 is 18.3 Å². The van der Waals surface area contributed by atoms with Crippen LogP contribution >= 0.6 is 0 Å². The lowest BCUT2D eigenvalue weighted by Gasteiger charge is -1.92. The van der Waals surface area contributed by atoms with E-state index in [9.17, 15) is 4.79 Å². The molecule has 1 aliphatic rings. The van der Waals surface area contributed by atoms with Crippen LogP contribution in [-0.2, 0) is 4.79 Å². The van der Waals surface area contributed by atoms with Gasteiger partial charge in [-0.25, -0.2) is 4.99 Å². The number of carbonyl (C=O) groups is 1. The maximum absolute atomic E-state index is 11.1. The van der Waals surface area contributed by atoms with Gasteiger partial charge in [0.15, 0.2) is 0 Å². The van der Waals surface area contributed by atoms with E-state index in [-0.39, 0.29) is 5.91 Å². The normalized spacial score (nSPS) is 17.8. The van der Waals surface area contributed by atoms with Crippen LogP contribution in [0.1, 0.15) is 5.56 Å². The van der Waals surface area contributed by atoms with Gasteiger partial charge < -0.3 is 5.32 Å². The molecule has 0 fully saturated rings. The van der Waals surface area contributed by atoms with E-state index in [1.165, 1.54) is 6.34 Å². The van der Waals surface area contributed by atoms with Crippen molar-refractivity contribution in [2.45, 2.75) is 0 Å². The van der Waals surface area contributed by atoms with E-state index in [2.05, 4.69) is 10.3 Å². The molecule has 1 aliphatic heterocycles. The standard InChI is InChI=1S/C10H8N2O/c13-10-9(11-7-12-10)6-8-4-2-1-3-5-8/h1-7H,(H,11,12,13)/b9-6+. The van der Waals surface area contributed by atoms with Gasteiger partial charge in [-0.3, -0.25) is 4.79 Å². The van der Waals surface area contributed by atoms with Crippen molar-refractivity contribution < 1.29 is 4.79 Å². The van der Waals surface area contributed by atoms with Gasteiger partial charge in [-0.15, -0.1) is 0 Å². The number of nitrogens with zero attached hydrogens (tertiary/aromatic N) is 1. The Morgan fingerprint density at radius 2 is 2.00 bits per heavy atom. The van der Waals surface area contributed by atoms with Gasteiger partial charge in [0.1, 0.15) is 5.70 Å². The summed E-state index contributed by atoms with van der Waals surface area (Å²) < 4.78 is 0.